The fraction of sp³-hybridized carbons (Fsp3) is 0.263. The summed E-state index contributed by atoms with van der Waals surface area (Å²) in [6.07, 6.45) is 0.718. The zero-order chi connectivity index (χ0) is 20.4. The number of nitrogens with zero attached hydrogens (tertiary/aromatic N) is 1. The van der Waals surface area contributed by atoms with Crippen molar-refractivity contribution in [3.63, 3.8) is 0 Å². The maximum Gasteiger partial charge on any atom is 0.310 e. The molecule has 0 saturated carbocycles. The van der Waals surface area contributed by atoms with Gasteiger partial charge in [0.15, 0.2) is 12.4 Å². The van der Waals surface area contributed by atoms with Crippen molar-refractivity contribution < 1.29 is 24.0 Å². The topological polar surface area (TPSA) is 120 Å². The van der Waals surface area contributed by atoms with Crippen LogP contribution in [-0.2, 0) is 9.53 Å². The van der Waals surface area contributed by atoms with Crippen LogP contribution < -0.4 is 15.4 Å². The maximum atomic E-state index is 12.0. The van der Waals surface area contributed by atoms with Crippen molar-refractivity contribution in [1.82, 2.24) is 5.32 Å². The van der Waals surface area contributed by atoms with Gasteiger partial charge in [-0.25, -0.2) is 0 Å². The summed E-state index contributed by atoms with van der Waals surface area (Å²) in [5.41, 5.74) is 0.731. The summed E-state index contributed by atoms with van der Waals surface area (Å²) in [5, 5.41) is 16.3. The summed E-state index contributed by atoms with van der Waals surface area (Å²) >= 11 is 0. The number of benzene rings is 2. The number of amides is 2. The molecule has 0 heterocycles. The van der Waals surface area contributed by atoms with Gasteiger partial charge >= 0.3 is 5.69 Å². The number of nitro benzene ring substituents is 1. The second-order valence-corrected chi connectivity index (χ2v) is 5.74. The van der Waals surface area contributed by atoms with E-state index >= 15 is 0 Å². The standard InChI is InChI=1S/C19H21N3O6/c1-27-12-4-11-20-19(24)14-7-9-15(10-8-14)21-18(23)13-28-17-6-3-2-5-16(17)22(25)26/h2-3,5-10H,4,11-13H2,1H3,(H,20,24)(H,21,23). The summed E-state index contributed by atoms with van der Waals surface area (Å²) < 4.78 is 10.1. The second kappa shape index (κ2) is 10.6. The molecule has 2 aromatic rings. The highest BCUT2D eigenvalue weighted by molar-refractivity contribution is 5.96. The van der Waals surface area contributed by atoms with Crippen molar-refractivity contribution in [3.8, 4) is 5.75 Å². The number of methoxy groups -OCH3 is 1. The van der Waals surface area contributed by atoms with E-state index in [2.05, 4.69) is 10.6 Å². The summed E-state index contributed by atoms with van der Waals surface area (Å²) in [7, 11) is 1.60. The van der Waals surface area contributed by atoms with Gasteiger partial charge in [0.05, 0.1) is 4.92 Å². The van der Waals surface area contributed by atoms with Crippen molar-refractivity contribution in [2.24, 2.45) is 0 Å². The van der Waals surface area contributed by atoms with Gasteiger partial charge in [-0.1, -0.05) is 12.1 Å². The van der Waals surface area contributed by atoms with Crippen LogP contribution in [0.4, 0.5) is 11.4 Å². The third kappa shape index (κ3) is 6.36. The SMILES string of the molecule is COCCCNC(=O)c1ccc(NC(=O)COc2ccccc2[N+](=O)[O-])cc1. The smallest absolute Gasteiger partial charge is 0.310 e. The molecule has 28 heavy (non-hydrogen) atoms. The highest BCUT2D eigenvalue weighted by Gasteiger charge is 2.15. The van der Waals surface area contributed by atoms with E-state index in [0.29, 0.717) is 24.4 Å². The zero-order valence-electron chi connectivity index (χ0n) is 15.3. The molecule has 0 aliphatic heterocycles. The Balaban J connectivity index is 1.84. The van der Waals surface area contributed by atoms with Crippen molar-refractivity contribution in [3.05, 3.63) is 64.2 Å². The lowest BCUT2D eigenvalue weighted by atomic mass is 10.2. The van der Waals surface area contributed by atoms with Crippen molar-refractivity contribution >= 4 is 23.2 Å². The van der Waals surface area contributed by atoms with E-state index < -0.39 is 10.8 Å². The molecule has 0 spiro atoms. The minimum Gasteiger partial charge on any atom is -0.477 e. The number of rotatable bonds is 10. The molecule has 0 aromatic heterocycles. The molecule has 0 unspecified atom stereocenters. The third-order valence-electron chi connectivity index (χ3n) is 3.66. The lowest BCUT2D eigenvalue weighted by molar-refractivity contribution is -0.385. The average molecular weight is 387 g/mol. The molecule has 0 aliphatic rings. The van der Waals surface area contributed by atoms with E-state index in [9.17, 15) is 19.7 Å². The first kappa shape index (κ1) is 20.8. The van der Waals surface area contributed by atoms with Crippen molar-refractivity contribution in [2.45, 2.75) is 6.42 Å². The number of carbonyl (C=O) groups excluding carboxylic acids is 2. The van der Waals surface area contributed by atoms with Crippen molar-refractivity contribution in [2.75, 3.05) is 32.2 Å². The second-order valence-electron chi connectivity index (χ2n) is 5.74. The average Bonchev–Trinajstić information content (AvgIpc) is 2.70. The lowest BCUT2D eigenvalue weighted by Crippen LogP contribution is -2.25. The Labute approximate surface area is 161 Å². The van der Waals surface area contributed by atoms with Crippen LogP contribution in [0.25, 0.3) is 0 Å². The van der Waals surface area contributed by atoms with Crippen LogP contribution >= 0.6 is 0 Å². The number of hydrogen-bond acceptors (Lipinski definition) is 6. The fourth-order valence-corrected chi connectivity index (χ4v) is 2.30. The first-order chi connectivity index (χ1) is 13.5. The third-order valence-corrected chi connectivity index (χ3v) is 3.66. The van der Waals surface area contributed by atoms with Crippen LogP contribution in [-0.4, -0.2) is 43.6 Å². The van der Waals surface area contributed by atoms with Crippen LogP contribution in [0.3, 0.4) is 0 Å². The molecule has 9 heteroatoms. The minimum atomic E-state index is -0.577. The van der Waals surface area contributed by atoms with Crippen molar-refractivity contribution in [1.29, 1.82) is 0 Å². The number of nitro groups is 1. The molecule has 2 aromatic carbocycles. The van der Waals surface area contributed by atoms with Gasteiger partial charge in [0.2, 0.25) is 0 Å². The van der Waals surface area contributed by atoms with E-state index in [1.807, 2.05) is 0 Å². The minimum absolute atomic E-state index is 0.0168. The number of hydrogen-bond donors (Lipinski definition) is 2. The van der Waals surface area contributed by atoms with Gasteiger partial charge in [0.25, 0.3) is 11.8 Å². The number of para-hydroxylation sites is 2. The molecular weight excluding hydrogens is 366 g/mol. The Morgan fingerprint density at radius 3 is 2.50 bits per heavy atom. The van der Waals surface area contributed by atoms with E-state index in [4.69, 9.17) is 9.47 Å². The molecule has 0 saturated heterocycles. The monoisotopic (exact) mass is 387 g/mol. The first-order valence-corrected chi connectivity index (χ1v) is 8.54. The predicted molar refractivity (Wildman–Crippen MR) is 102 cm³/mol. The Morgan fingerprint density at radius 2 is 1.82 bits per heavy atom. The molecule has 2 amide bonds. The van der Waals surface area contributed by atoms with Gasteiger partial charge < -0.3 is 20.1 Å². The zero-order valence-corrected chi connectivity index (χ0v) is 15.3. The lowest BCUT2D eigenvalue weighted by Gasteiger charge is -2.09. The van der Waals surface area contributed by atoms with Crippen LogP contribution in [0.15, 0.2) is 48.5 Å². The molecular formula is C19H21N3O6. The fourth-order valence-electron chi connectivity index (χ4n) is 2.30. The Kier molecular flexibility index (Phi) is 7.92. The summed E-state index contributed by atoms with van der Waals surface area (Å²) in [5.74, 6) is -0.674. The normalized spacial score (nSPS) is 10.2. The number of anilines is 1. The largest absolute Gasteiger partial charge is 0.477 e. The molecule has 0 bridgehead atoms. The summed E-state index contributed by atoms with van der Waals surface area (Å²) in [6, 6.07) is 12.2. The molecule has 2 rings (SSSR count). The quantitative estimate of drug-likeness (QED) is 0.367. The Morgan fingerprint density at radius 1 is 1.11 bits per heavy atom. The van der Waals surface area contributed by atoms with E-state index in [0.717, 1.165) is 6.42 Å². The van der Waals surface area contributed by atoms with E-state index in [1.165, 1.54) is 18.2 Å². The van der Waals surface area contributed by atoms with Crippen LogP contribution in [0.1, 0.15) is 16.8 Å². The molecule has 0 radical (unpaired) electrons. The van der Waals surface area contributed by atoms with E-state index in [1.54, 1.807) is 37.4 Å². The van der Waals surface area contributed by atoms with Crippen LogP contribution in [0, 0.1) is 10.1 Å². The van der Waals surface area contributed by atoms with Crippen LogP contribution in [0.5, 0.6) is 5.75 Å². The van der Waals surface area contributed by atoms with Gasteiger partial charge in [-0.05, 0) is 36.8 Å². The Hall–Kier alpha value is -3.46. The van der Waals surface area contributed by atoms with Gasteiger partial charge in [0, 0.05) is 37.6 Å². The van der Waals surface area contributed by atoms with Gasteiger partial charge in [-0.2, -0.15) is 0 Å². The molecule has 0 atom stereocenters. The molecule has 9 nitrogen and oxygen atoms in total. The predicted octanol–water partition coefficient (Wildman–Crippen LogP) is 2.38. The van der Waals surface area contributed by atoms with Gasteiger partial charge in [0.1, 0.15) is 0 Å². The van der Waals surface area contributed by atoms with Gasteiger partial charge in [-0.3, -0.25) is 19.7 Å². The molecule has 148 valence electrons. The maximum absolute atomic E-state index is 12.0. The van der Waals surface area contributed by atoms with Crippen LogP contribution in [0.2, 0.25) is 0 Å². The first-order valence-electron chi connectivity index (χ1n) is 8.54. The highest BCUT2D eigenvalue weighted by atomic mass is 16.6. The molecule has 2 N–H and O–H groups in total. The molecule has 0 fully saturated rings. The number of ether oxygens (including phenoxy) is 2. The Bertz CT molecular complexity index is 823. The summed E-state index contributed by atoms with van der Waals surface area (Å²) in [6.45, 7) is 0.695. The highest BCUT2D eigenvalue weighted by Crippen LogP contribution is 2.25. The molecule has 0 aliphatic carbocycles. The van der Waals surface area contributed by atoms with Gasteiger partial charge in [-0.15, -0.1) is 0 Å². The number of carbonyl (C=O) groups is 2. The summed E-state index contributed by atoms with van der Waals surface area (Å²) in [4.78, 5) is 34.3. The number of nitrogens with one attached hydrogen (secondary N) is 2. The van der Waals surface area contributed by atoms with E-state index in [-0.39, 0.29) is 24.0 Å².